The molecule has 1 aliphatic rings. The number of nitrogens with zero attached hydrogens (tertiary/aromatic N) is 1. The van der Waals surface area contributed by atoms with Gasteiger partial charge in [0.1, 0.15) is 12.4 Å². The van der Waals surface area contributed by atoms with Gasteiger partial charge in [0.05, 0.1) is 11.4 Å². The number of carbonyl (C=O) groups excluding carboxylic acids is 1. The zero-order valence-corrected chi connectivity index (χ0v) is 18.7. The molecular formula is C16H14Br2F2NO2Y-. The van der Waals surface area contributed by atoms with Gasteiger partial charge >= 0.3 is 0 Å². The summed E-state index contributed by atoms with van der Waals surface area (Å²) in [5.41, 5.74) is 0.970. The molecule has 1 aromatic rings. The zero-order chi connectivity index (χ0) is 17.0. The molecule has 1 aliphatic heterocycles. The third-order valence-corrected chi connectivity index (χ3v) is 4.51. The van der Waals surface area contributed by atoms with Gasteiger partial charge in [-0.25, -0.2) is 14.9 Å². The van der Waals surface area contributed by atoms with Gasteiger partial charge in [-0.3, -0.25) is 4.79 Å². The monoisotopic (exact) mass is 537 g/mol. The first-order chi connectivity index (χ1) is 10.9. The fourth-order valence-corrected chi connectivity index (χ4v) is 3.10. The van der Waals surface area contributed by atoms with Crippen LogP contribution in [0.4, 0.5) is 8.78 Å². The Kier molecular flexibility index (Phi) is 9.27. The number of ether oxygens (including phenoxy) is 1. The second-order valence-corrected chi connectivity index (χ2v) is 6.74. The van der Waals surface area contributed by atoms with Crippen molar-refractivity contribution in [3.63, 3.8) is 0 Å². The van der Waals surface area contributed by atoms with Crippen LogP contribution in [-0.2, 0) is 37.5 Å². The van der Waals surface area contributed by atoms with Crippen LogP contribution in [0.2, 0.25) is 0 Å². The minimum absolute atomic E-state index is 0. The van der Waals surface area contributed by atoms with Gasteiger partial charge in [0.15, 0.2) is 0 Å². The van der Waals surface area contributed by atoms with Crippen LogP contribution in [0.25, 0.3) is 5.70 Å². The van der Waals surface area contributed by atoms with E-state index in [1.807, 2.05) is 0 Å². The third-order valence-electron chi connectivity index (χ3n) is 3.14. The number of allylic oxidation sites excluding steroid dienone is 1. The van der Waals surface area contributed by atoms with E-state index in [0.29, 0.717) is 34.5 Å². The molecule has 0 saturated carbocycles. The van der Waals surface area contributed by atoms with Crippen LogP contribution in [0.1, 0.15) is 12.0 Å². The first-order valence-corrected chi connectivity index (χ1v) is 8.53. The largest absolute Gasteiger partial charge is 0.490 e. The summed E-state index contributed by atoms with van der Waals surface area (Å²) in [5, 5.41) is 0. The molecule has 1 aromatic carbocycles. The number of alkyl halides is 3. The van der Waals surface area contributed by atoms with Crippen molar-refractivity contribution in [2.75, 3.05) is 13.2 Å². The van der Waals surface area contributed by atoms with Crippen LogP contribution in [0.3, 0.4) is 0 Å². The minimum atomic E-state index is -2.62. The summed E-state index contributed by atoms with van der Waals surface area (Å²) in [6.45, 7) is 3.27. The van der Waals surface area contributed by atoms with E-state index in [9.17, 15) is 13.6 Å². The molecule has 1 heterocycles. The summed E-state index contributed by atoms with van der Waals surface area (Å²) < 4.78 is 31.7. The molecule has 0 spiro atoms. The molecule has 1 atom stereocenters. The number of hydrogen-bond donors (Lipinski definition) is 0. The Morgan fingerprint density at radius 3 is 2.79 bits per heavy atom. The smallest absolute Gasteiger partial charge is 0.256 e. The van der Waals surface area contributed by atoms with Gasteiger partial charge in [-0.15, -0.1) is 17.3 Å². The zero-order valence-electron chi connectivity index (χ0n) is 12.6. The van der Waals surface area contributed by atoms with Crippen molar-refractivity contribution in [3.8, 4) is 5.75 Å². The van der Waals surface area contributed by atoms with Crippen LogP contribution in [0, 0.1) is 6.08 Å². The van der Waals surface area contributed by atoms with Gasteiger partial charge in [0.2, 0.25) is 5.91 Å². The van der Waals surface area contributed by atoms with Crippen LogP contribution >= 0.6 is 31.9 Å². The number of amides is 1. The van der Waals surface area contributed by atoms with Crippen molar-refractivity contribution in [2.45, 2.75) is 17.7 Å². The number of rotatable bonds is 6. The van der Waals surface area contributed by atoms with Crippen molar-refractivity contribution >= 4 is 43.5 Å². The fraction of sp³-hybridized carbons (Fsp3) is 0.312. The Balaban J connectivity index is 0.00000288. The summed E-state index contributed by atoms with van der Waals surface area (Å²) in [4.78, 5) is 12.7. The first-order valence-electron chi connectivity index (χ1n) is 6.82. The topological polar surface area (TPSA) is 29.5 Å². The molecule has 0 N–H and O–H groups in total. The van der Waals surface area contributed by atoms with Gasteiger partial charge in [-0.05, 0) is 12.1 Å². The van der Waals surface area contributed by atoms with Gasteiger partial charge in [-0.1, -0.05) is 55.4 Å². The van der Waals surface area contributed by atoms with Crippen molar-refractivity contribution in [1.29, 1.82) is 0 Å². The quantitative estimate of drug-likeness (QED) is 0.305. The van der Waals surface area contributed by atoms with Gasteiger partial charge in [0.25, 0.3) is 6.43 Å². The molecule has 0 aromatic heterocycles. The molecule has 3 nitrogen and oxygen atoms in total. The summed E-state index contributed by atoms with van der Waals surface area (Å²) in [6, 6.07) is 5.15. The fourth-order valence-electron chi connectivity index (χ4n) is 2.14. The Bertz CT molecular complexity index is 641. The van der Waals surface area contributed by atoms with E-state index in [2.05, 4.69) is 44.5 Å². The second kappa shape index (κ2) is 10.1. The normalized spacial score (nSPS) is 17.4. The average Bonchev–Trinajstić information content (AvgIpc) is 2.50. The third kappa shape index (κ3) is 5.45. The van der Waals surface area contributed by atoms with Gasteiger partial charge < -0.3 is 9.64 Å². The summed E-state index contributed by atoms with van der Waals surface area (Å²) in [5.74, 6) is 0.222. The van der Waals surface area contributed by atoms with Crippen molar-refractivity contribution in [3.05, 3.63) is 47.0 Å². The van der Waals surface area contributed by atoms with E-state index in [-0.39, 0.29) is 32.7 Å². The molecule has 1 radical (unpaired) electrons. The van der Waals surface area contributed by atoms with E-state index in [0.717, 1.165) is 4.90 Å². The molecule has 127 valence electrons. The Morgan fingerprint density at radius 1 is 1.50 bits per heavy atom. The Morgan fingerprint density at radius 2 is 2.21 bits per heavy atom. The molecular weight excluding hydrogens is 525 g/mol. The van der Waals surface area contributed by atoms with E-state index in [4.69, 9.17) is 4.74 Å². The number of halogens is 4. The summed E-state index contributed by atoms with van der Waals surface area (Å²) >= 11 is 6.59. The summed E-state index contributed by atoms with van der Waals surface area (Å²) in [7, 11) is 0. The number of hydrogen-bond acceptors (Lipinski definition) is 2. The van der Waals surface area contributed by atoms with Gasteiger partial charge in [-0.2, -0.15) is 0 Å². The van der Waals surface area contributed by atoms with Crippen LogP contribution in [-0.4, -0.2) is 35.2 Å². The molecule has 2 rings (SSSR count). The predicted molar refractivity (Wildman–Crippen MR) is 91.5 cm³/mol. The van der Waals surface area contributed by atoms with E-state index in [1.165, 1.54) is 0 Å². The maximum atomic E-state index is 12.8. The van der Waals surface area contributed by atoms with Gasteiger partial charge in [0, 0.05) is 32.7 Å². The second-order valence-electron chi connectivity index (χ2n) is 4.78. The molecule has 0 fully saturated rings. The molecule has 0 aliphatic carbocycles. The van der Waals surface area contributed by atoms with E-state index in [1.54, 1.807) is 24.3 Å². The summed E-state index contributed by atoms with van der Waals surface area (Å²) in [6.07, 6.45) is 2.36. The molecule has 0 saturated heterocycles. The van der Waals surface area contributed by atoms with Crippen molar-refractivity contribution in [1.82, 2.24) is 4.90 Å². The maximum absolute atomic E-state index is 12.8. The van der Waals surface area contributed by atoms with Crippen LogP contribution in [0.5, 0.6) is 5.75 Å². The van der Waals surface area contributed by atoms with E-state index >= 15 is 0 Å². The van der Waals surface area contributed by atoms with E-state index < -0.39 is 23.7 Å². The molecule has 0 bridgehead atoms. The Labute approximate surface area is 181 Å². The molecule has 8 heteroatoms. The molecule has 1 unspecified atom stereocenters. The molecule has 1 amide bonds. The molecule has 24 heavy (non-hydrogen) atoms. The van der Waals surface area contributed by atoms with Crippen LogP contribution in [0.15, 0.2) is 35.3 Å². The Hall–Kier alpha value is -0.106. The minimum Gasteiger partial charge on any atom is -0.490 e. The van der Waals surface area contributed by atoms with Crippen molar-refractivity contribution in [2.24, 2.45) is 0 Å². The van der Waals surface area contributed by atoms with Crippen molar-refractivity contribution < 1.29 is 51.0 Å². The first kappa shape index (κ1) is 21.9. The number of benzene rings is 1. The number of carbonyl (C=O) groups is 1. The SMILES string of the molecule is C=CCOc1ccc(C2=[C-]CC(Br)C(=O)N2CC(F)F)c(Br)c1.[Y]. The standard InChI is InChI=1S/C16H14Br2F2NO2.Y/c1-2-7-23-10-3-4-11(13(18)8-10)14-6-5-12(17)16(22)21(14)9-15(19)20;/h2-4,8,12,15H,1,5,7,9H2;/q-1;. The maximum Gasteiger partial charge on any atom is 0.256 e. The van der Waals surface area contributed by atoms with Crippen LogP contribution < -0.4 is 4.74 Å². The predicted octanol–water partition coefficient (Wildman–Crippen LogP) is 4.42. The average molecular weight is 539 g/mol.